The van der Waals surface area contributed by atoms with Gasteiger partial charge in [-0.1, -0.05) is 12.1 Å². The van der Waals surface area contributed by atoms with E-state index in [1.165, 1.54) is 12.5 Å². The minimum atomic E-state index is -0.135. The van der Waals surface area contributed by atoms with Gasteiger partial charge < -0.3 is 4.90 Å². The molecule has 0 radical (unpaired) electrons. The number of aryl methyl sites for hydroxylation is 1. The summed E-state index contributed by atoms with van der Waals surface area (Å²) >= 11 is 0. The number of carbonyl (C=O) groups excluding carboxylic acids is 1. The van der Waals surface area contributed by atoms with Crippen LogP contribution in [0.5, 0.6) is 0 Å². The predicted molar refractivity (Wildman–Crippen MR) is 88.7 cm³/mol. The highest BCUT2D eigenvalue weighted by Gasteiger charge is 2.83. The van der Waals surface area contributed by atoms with Crippen LogP contribution in [-0.2, 0) is 11.2 Å². The Morgan fingerprint density at radius 1 is 1.12 bits per heavy atom. The van der Waals surface area contributed by atoms with Gasteiger partial charge in [0, 0.05) is 17.9 Å². The highest BCUT2D eigenvalue weighted by Crippen LogP contribution is 2.82. The third-order valence-corrected chi connectivity index (χ3v) is 8.44. The van der Waals surface area contributed by atoms with E-state index in [9.17, 15) is 9.18 Å². The topological polar surface area (TPSA) is 20.3 Å². The van der Waals surface area contributed by atoms with Crippen molar-refractivity contribution >= 4 is 5.78 Å². The van der Waals surface area contributed by atoms with Gasteiger partial charge in [0.05, 0.1) is 0 Å². The molecular weight excluding hydrogens is 301 g/mol. The lowest BCUT2D eigenvalue weighted by Crippen LogP contribution is -2.55. The Hall–Kier alpha value is -1.22. The second kappa shape index (κ2) is 4.49. The molecular formula is C21H24FNO. The Labute approximate surface area is 142 Å². The predicted octanol–water partition coefficient (Wildman–Crippen LogP) is 3.02. The molecule has 2 bridgehead atoms. The van der Waals surface area contributed by atoms with Crippen molar-refractivity contribution in [3.8, 4) is 0 Å². The van der Waals surface area contributed by atoms with E-state index in [2.05, 4.69) is 11.9 Å². The second-order valence-electron chi connectivity index (χ2n) is 9.03. The number of hydrogen-bond acceptors (Lipinski definition) is 2. The quantitative estimate of drug-likeness (QED) is 0.829. The van der Waals surface area contributed by atoms with Gasteiger partial charge in [-0.15, -0.1) is 0 Å². The van der Waals surface area contributed by atoms with Crippen molar-refractivity contribution in [2.24, 2.45) is 47.3 Å². The van der Waals surface area contributed by atoms with E-state index in [0.717, 1.165) is 48.6 Å². The summed E-state index contributed by atoms with van der Waals surface area (Å²) in [5, 5.41) is 0. The summed E-state index contributed by atoms with van der Waals surface area (Å²) in [6.45, 7) is 1.07. The molecule has 0 spiro atoms. The zero-order chi connectivity index (χ0) is 16.2. The number of rotatable bonds is 5. The van der Waals surface area contributed by atoms with E-state index < -0.39 is 0 Å². The Kier molecular flexibility index (Phi) is 2.62. The van der Waals surface area contributed by atoms with Crippen LogP contribution in [0.2, 0.25) is 0 Å². The van der Waals surface area contributed by atoms with E-state index in [1.807, 2.05) is 6.07 Å². The molecule has 0 heterocycles. The van der Waals surface area contributed by atoms with Crippen LogP contribution in [0.25, 0.3) is 0 Å². The molecule has 9 atom stereocenters. The molecule has 5 aliphatic rings. The smallest absolute Gasteiger partial charge is 0.140 e. The summed E-state index contributed by atoms with van der Waals surface area (Å²) in [6, 6.07) is 7.64. The summed E-state index contributed by atoms with van der Waals surface area (Å²) in [5.74, 6) is 6.05. The maximum absolute atomic E-state index is 13.3. The Morgan fingerprint density at radius 2 is 2.00 bits per heavy atom. The molecule has 8 unspecified atom stereocenters. The van der Waals surface area contributed by atoms with Gasteiger partial charge in [0.15, 0.2) is 0 Å². The van der Waals surface area contributed by atoms with Crippen molar-refractivity contribution in [3.05, 3.63) is 35.6 Å². The highest BCUT2D eigenvalue weighted by atomic mass is 19.1. The zero-order valence-electron chi connectivity index (χ0n) is 14.1. The molecule has 0 N–H and O–H groups in total. The van der Waals surface area contributed by atoms with Crippen LogP contribution in [0.15, 0.2) is 24.3 Å². The van der Waals surface area contributed by atoms with Crippen molar-refractivity contribution in [2.45, 2.75) is 25.3 Å². The first kappa shape index (κ1) is 14.0. The van der Waals surface area contributed by atoms with Crippen LogP contribution < -0.4 is 0 Å². The number of nitrogens with zero attached hydrogens (tertiary/aromatic N) is 1. The molecule has 0 aliphatic heterocycles. The van der Waals surface area contributed by atoms with Crippen molar-refractivity contribution in [2.75, 3.05) is 13.6 Å². The van der Waals surface area contributed by atoms with E-state index in [0.29, 0.717) is 35.5 Å². The van der Waals surface area contributed by atoms with Gasteiger partial charge in [-0.05, 0) is 86.1 Å². The molecule has 126 valence electrons. The Balaban J connectivity index is 1.16. The molecule has 24 heavy (non-hydrogen) atoms. The lowest BCUT2D eigenvalue weighted by Gasteiger charge is -2.48. The van der Waals surface area contributed by atoms with E-state index in [4.69, 9.17) is 0 Å². The number of ketones is 1. The first-order valence-electron chi connectivity index (χ1n) is 9.65. The third-order valence-electron chi connectivity index (χ3n) is 8.44. The molecule has 5 fully saturated rings. The highest BCUT2D eigenvalue weighted by molar-refractivity contribution is 5.91. The Bertz CT molecular complexity index is 732. The minimum Gasteiger partial charge on any atom is -0.303 e. The molecule has 5 aliphatic carbocycles. The Morgan fingerprint density at radius 3 is 2.83 bits per heavy atom. The fourth-order valence-electron chi connectivity index (χ4n) is 8.08. The molecule has 0 amide bonds. The summed E-state index contributed by atoms with van der Waals surface area (Å²) in [7, 11) is 2.27. The molecule has 1 aromatic carbocycles. The number of halogens is 1. The lowest BCUT2D eigenvalue weighted by molar-refractivity contribution is -0.137. The number of carbonyl (C=O) groups is 1. The van der Waals surface area contributed by atoms with Gasteiger partial charge in [0.2, 0.25) is 0 Å². The van der Waals surface area contributed by atoms with Crippen LogP contribution in [0.1, 0.15) is 18.4 Å². The summed E-state index contributed by atoms with van der Waals surface area (Å²) in [5.41, 5.74) is 1.09. The van der Waals surface area contributed by atoms with Crippen molar-refractivity contribution < 1.29 is 9.18 Å². The van der Waals surface area contributed by atoms with Crippen LogP contribution in [0.3, 0.4) is 0 Å². The standard InChI is InChI=1S/C21H24FNO/c1-23(7-3-5-10-4-2-6-11(22)8-10)20-16-12-9-13-15-14(12)18(20)19(15)21(24)17(13)16/h2,4,6,8,12-20H,3,5,7,9H2,1H3/t12?,13?,14?,15?,16?,17?,18?,19?,20-/m0/s1. The van der Waals surface area contributed by atoms with Gasteiger partial charge >= 0.3 is 0 Å². The van der Waals surface area contributed by atoms with Crippen LogP contribution in [0, 0.1) is 53.2 Å². The van der Waals surface area contributed by atoms with E-state index in [1.54, 1.807) is 12.1 Å². The fourth-order valence-corrected chi connectivity index (χ4v) is 8.08. The number of benzene rings is 1. The third kappa shape index (κ3) is 1.45. The molecule has 0 saturated heterocycles. The van der Waals surface area contributed by atoms with Crippen LogP contribution in [-0.4, -0.2) is 30.3 Å². The fraction of sp³-hybridized carbons (Fsp3) is 0.667. The second-order valence-corrected chi connectivity index (χ2v) is 9.03. The summed E-state index contributed by atoms with van der Waals surface area (Å²) in [4.78, 5) is 15.2. The number of Topliss-reactive ketones (excluding diaryl/α,β-unsaturated/α-hetero) is 1. The van der Waals surface area contributed by atoms with Gasteiger partial charge in [-0.25, -0.2) is 4.39 Å². The molecule has 0 aromatic heterocycles. The first-order valence-corrected chi connectivity index (χ1v) is 9.65. The normalized spacial score (nSPS) is 48.8. The molecule has 5 saturated carbocycles. The first-order chi connectivity index (χ1) is 11.7. The average molecular weight is 325 g/mol. The van der Waals surface area contributed by atoms with E-state index in [-0.39, 0.29) is 5.82 Å². The van der Waals surface area contributed by atoms with Crippen LogP contribution >= 0.6 is 0 Å². The maximum Gasteiger partial charge on any atom is 0.140 e. The molecule has 6 rings (SSSR count). The van der Waals surface area contributed by atoms with E-state index >= 15 is 0 Å². The molecule has 2 nitrogen and oxygen atoms in total. The van der Waals surface area contributed by atoms with Gasteiger partial charge in [0.1, 0.15) is 11.6 Å². The van der Waals surface area contributed by atoms with Gasteiger partial charge in [-0.2, -0.15) is 0 Å². The number of fused-ring (bicyclic) bond motifs is 2. The summed E-state index contributed by atoms with van der Waals surface area (Å²) in [6.07, 6.45) is 3.37. The van der Waals surface area contributed by atoms with Crippen molar-refractivity contribution in [1.29, 1.82) is 0 Å². The molecule has 1 aromatic rings. The summed E-state index contributed by atoms with van der Waals surface area (Å²) < 4.78 is 13.3. The van der Waals surface area contributed by atoms with Gasteiger partial charge in [0.25, 0.3) is 0 Å². The zero-order valence-corrected chi connectivity index (χ0v) is 14.1. The largest absolute Gasteiger partial charge is 0.303 e. The SMILES string of the molecule is CN(CCCc1cccc(F)c1)[C@H]1C2C3CC4C2C(=O)C2C4C3C21. The lowest BCUT2D eigenvalue weighted by atomic mass is 9.58. The number of hydrogen-bond donors (Lipinski definition) is 0. The maximum atomic E-state index is 13.3. The molecule has 3 heteroatoms. The monoisotopic (exact) mass is 325 g/mol. The van der Waals surface area contributed by atoms with Gasteiger partial charge in [-0.3, -0.25) is 4.79 Å². The van der Waals surface area contributed by atoms with Crippen molar-refractivity contribution in [1.82, 2.24) is 4.90 Å². The van der Waals surface area contributed by atoms with Crippen molar-refractivity contribution in [3.63, 3.8) is 0 Å². The average Bonchev–Trinajstić information content (AvgIpc) is 3.06. The minimum absolute atomic E-state index is 0.135. The van der Waals surface area contributed by atoms with Crippen LogP contribution in [0.4, 0.5) is 4.39 Å².